The molecule has 0 aromatic heterocycles. The summed E-state index contributed by atoms with van der Waals surface area (Å²) in [7, 11) is 1.79. The minimum absolute atomic E-state index is 0.265. The van der Waals surface area contributed by atoms with E-state index in [0.29, 0.717) is 0 Å². The normalized spacial score (nSPS) is 15.7. The second-order valence-electron chi connectivity index (χ2n) is 7.64. The zero-order chi connectivity index (χ0) is 19.6. The van der Waals surface area contributed by atoms with Crippen molar-refractivity contribution in [3.63, 3.8) is 0 Å². The smallest absolute Gasteiger partial charge is 0.0500 e. The summed E-state index contributed by atoms with van der Waals surface area (Å²) in [6.07, 6.45) is 0.924. The fourth-order valence-electron chi connectivity index (χ4n) is 4.68. The zero-order valence-corrected chi connectivity index (χ0v) is 16.6. The minimum atomic E-state index is 0.265. The van der Waals surface area contributed by atoms with Gasteiger partial charge in [0, 0.05) is 19.6 Å². The fraction of sp³-hybridized carbons (Fsp3) is 0.143. The largest absolute Gasteiger partial charge is 0.384 e. The molecule has 0 bridgehead atoms. The van der Waals surface area contributed by atoms with E-state index in [1.54, 1.807) is 7.11 Å². The molecule has 1 heteroatoms. The lowest BCUT2D eigenvalue weighted by atomic mass is 9.85. The van der Waals surface area contributed by atoms with Gasteiger partial charge in [-0.2, -0.15) is 0 Å². The van der Waals surface area contributed by atoms with Gasteiger partial charge in [0.2, 0.25) is 0 Å². The van der Waals surface area contributed by atoms with Crippen molar-refractivity contribution in [3.8, 4) is 0 Å². The van der Waals surface area contributed by atoms with Crippen LogP contribution < -0.4 is 0 Å². The third-order valence-corrected chi connectivity index (χ3v) is 5.96. The van der Waals surface area contributed by atoms with Crippen LogP contribution in [0, 0.1) is 0 Å². The van der Waals surface area contributed by atoms with Crippen molar-refractivity contribution in [2.45, 2.75) is 12.3 Å². The van der Waals surface area contributed by atoms with Gasteiger partial charge in [-0.1, -0.05) is 97.1 Å². The maximum absolute atomic E-state index is 5.51. The van der Waals surface area contributed by atoms with Gasteiger partial charge >= 0.3 is 0 Å². The quantitative estimate of drug-likeness (QED) is 0.371. The number of hydrogen-bond acceptors (Lipinski definition) is 1. The van der Waals surface area contributed by atoms with Gasteiger partial charge in [-0.3, -0.25) is 0 Å². The van der Waals surface area contributed by atoms with Crippen molar-refractivity contribution in [3.05, 3.63) is 125 Å². The Morgan fingerprint density at radius 2 is 1.45 bits per heavy atom. The summed E-state index contributed by atoms with van der Waals surface area (Å²) in [5.74, 6) is 0.265. The predicted molar refractivity (Wildman–Crippen MR) is 121 cm³/mol. The summed E-state index contributed by atoms with van der Waals surface area (Å²) in [6.45, 7) is 0.726. The Balaban J connectivity index is 1.74. The maximum atomic E-state index is 5.51. The van der Waals surface area contributed by atoms with E-state index in [1.807, 2.05) is 0 Å². The fourth-order valence-corrected chi connectivity index (χ4v) is 4.68. The topological polar surface area (TPSA) is 9.23 Å². The first-order valence-electron chi connectivity index (χ1n) is 10.2. The van der Waals surface area contributed by atoms with Gasteiger partial charge in [0.15, 0.2) is 0 Å². The average molecular weight is 376 g/mol. The highest BCUT2D eigenvalue weighted by Crippen LogP contribution is 2.49. The van der Waals surface area contributed by atoms with Crippen molar-refractivity contribution < 1.29 is 4.74 Å². The van der Waals surface area contributed by atoms with Crippen LogP contribution in [0.3, 0.4) is 0 Å². The second kappa shape index (κ2) is 7.69. The van der Waals surface area contributed by atoms with E-state index in [9.17, 15) is 0 Å². The molecule has 1 unspecified atom stereocenters. The first kappa shape index (κ1) is 17.9. The molecule has 1 aliphatic carbocycles. The SMILES string of the molecule is COCCC1=C(c2ccccc2)c2ccccc2C1c1ccc2ccccc2c1. The highest BCUT2D eigenvalue weighted by Gasteiger charge is 2.32. The minimum Gasteiger partial charge on any atom is -0.384 e. The molecular weight excluding hydrogens is 352 g/mol. The molecular formula is C28H24O. The highest BCUT2D eigenvalue weighted by molar-refractivity contribution is 5.90. The summed E-state index contributed by atoms with van der Waals surface area (Å²) in [5, 5.41) is 2.58. The summed E-state index contributed by atoms with van der Waals surface area (Å²) in [6, 6.07) is 35.2. The van der Waals surface area contributed by atoms with Crippen molar-refractivity contribution >= 4 is 16.3 Å². The van der Waals surface area contributed by atoms with Crippen LogP contribution in [-0.4, -0.2) is 13.7 Å². The van der Waals surface area contributed by atoms with Gasteiger partial charge in [0.1, 0.15) is 0 Å². The van der Waals surface area contributed by atoms with Gasteiger partial charge in [0.25, 0.3) is 0 Å². The van der Waals surface area contributed by atoms with Gasteiger partial charge in [0.05, 0.1) is 0 Å². The Hall–Kier alpha value is -3.16. The molecule has 0 heterocycles. The number of fused-ring (bicyclic) bond motifs is 2. The van der Waals surface area contributed by atoms with Crippen molar-refractivity contribution in [2.75, 3.05) is 13.7 Å². The van der Waals surface area contributed by atoms with Crippen LogP contribution in [-0.2, 0) is 4.74 Å². The number of hydrogen-bond donors (Lipinski definition) is 0. The molecule has 29 heavy (non-hydrogen) atoms. The molecule has 0 saturated heterocycles. The van der Waals surface area contributed by atoms with Crippen LogP contribution >= 0.6 is 0 Å². The van der Waals surface area contributed by atoms with Crippen molar-refractivity contribution in [2.24, 2.45) is 0 Å². The molecule has 0 saturated carbocycles. The lowest BCUT2D eigenvalue weighted by molar-refractivity contribution is 0.201. The highest BCUT2D eigenvalue weighted by atomic mass is 16.5. The van der Waals surface area contributed by atoms with Crippen molar-refractivity contribution in [1.29, 1.82) is 0 Å². The van der Waals surface area contributed by atoms with Crippen LogP contribution in [0.2, 0.25) is 0 Å². The van der Waals surface area contributed by atoms with Gasteiger partial charge in [-0.25, -0.2) is 0 Å². The first-order valence-corrected chi connectivity index (χ1v) is 10.2. The molecule has 4 aromatic carbocycles. The van der Waals surface area contributed by atoms with E-state index in [2.05, 4.69) is 97.1 Å². The number of benzene rings is 4. The van der Waals surface area contributed by atoms with E-state index in [4.69, 9.17) is 4.74 Å². The lowest BCUT2D eigenvalue weighted by Gasteiger charge is -2.19. The van der Waals surface area contributed by atoms with E-state index in [-0.39, 0.29) is 5.92 Å². The molecule has 0 fully saturated rings. The Morgan fingerprint density at radius 1 is 0.724 bits per heavy atom. The molecule has 5 rings (SSSR count). The first-order chi connectivity index (χ1) is 14.4. The van der Waals surface area contributed by atoms with Gasteiger partial charge in [-0.15, -0.1) is 0 Å². The predicted octanol–water partition coefficient (Wildman–Crippen LogP) is 6.82. The molecule has 0 amide bonds. The third kappa shape index (κ3) is 3.18. The third-order valence-electron chi connectivity index (χ3n) is 5.96. The van der Waals surface area contributed by atoms with Crippen LogP contribution in [0.15, 0.2) is 103 Å². The molecule has 1 nitrogen and oxygen atoms in total. The van der Waals surface area contributed by atoms with E-state index in [1.165, 1.54) is 44.2 Å². The molecule has 0 spiro atoms. The summed E-state index contributed by atoms with van der Waals surface area (Å²) < 4.78 is 5.51. The zero-order valence-electron chi connectivity index (χ0n) is 16.6. The van der Waals surface area contributed by atoms with E-state index >= 15 is 0 Å². The van der Waals surface area contributed by atoms with E-state index in [0.717, 1.165) is 13.0 Å². The maximum Gasteiger partial charge on any atom is 0.0500 e. The molecule has 0 aliphatic heterocycles. The Labute approximate surface area is 172 Å². The standard InChI is InChI=1S/C28H24O/c1-29-18-17-26-27(21-10-3-2-4-11-21)24-13-7-8-14-25(24)28(26)23-16-15-20-9-5-6-12-22(20)19-23/h2-16,19,28H,17-18H2,1H3. The molecule has 4 aromatic rings. The van der Waals surface area contributed by atoms with Gasteiger partial charge in [-0.05, 0) is 50.6 Å². The van der Waals surface area contributed by atoms with Crippen LogP contribution in [0.25, 0.3) is 16.3 Å². The number of rotatable bonds is 5. The Morgan fingerprint density at radius 3 is 2.28 bits per heavy atom. The summed E-state index contributed by atoms with van der Waals surface area (Å²) in [5.41, 5.74) is 8.21. The molecule has 1 aliphatic rings. The summed E-state index contributed by atoms with van der Waals surface area (Å²) in [4.78, 5) is 0. The molecule has 0 radical (unpaired) electrons. The Bertz CT molecular complexity index is 1190. The van der Waals surface area contributed by atoms with Crippen molar-refractivity contribution in [1.82, 2.24) is 0 Å². The van der Waals surface area contributed by atoms with E-state index < -0.39 is 0 Å². The van der Waals surface area contributed by atoms with Crippen LogP contribution in [0.4, 0.5) is 0 Å². The summed E-state index contributed by atoms with van der Waals surface area (Å²) >= 11 is 0. The van der Waals surface area contributed by atoms with Crippen LogP contribution in [0.1, 0.15) is 34.6 Å². The molecule has 142 valence electrons. The number of ether oxygens (including phenoxy) is 1. The van der Waals surface area contributed by atoms with Crippen LogP contribution in [0.5, 0.6) is 0 Å². The molecule has 0 N–H and O–H groups in total. The average Bonchev–Trinajstić information content (AvgIpc) is 3.12. The Kier molecular flexibility index (Phi) is 4.75. The van der Waals surface area contributed by atoms with Gasteiger partial charge < -0.3 is 4.74 Å². The molecule has 1 atom stereocenters. The lowest BCUT2D eigenvalue weighted by Crippen LogP contribution is -2.04. The monoisotopic (exact) mass is 376 g/mol. The second-order valence-corrected chi connectivity index (χ2v) is 7.64. The number of methoxy groups -OCH3 is 1.